The second-order valence-electron chi connectivity index (χ2n) is 9.22. The van der Waals surface area contributed by atoms with Gasteiger partial charge in [0.1, 0.15) is 5.82 Å². The molecular weight excluding hydrogens is 400 g/mol. The number of nitrogens with one attached hydrogen (secondary N) is 1. The molecule has 2 aliphatic rings. The lowest BCUT2D eigenvalue weighted by molar-refractivity contribution is 0.0648. The molecule has 0 saturated carbocycles. The van der Waals surface area contributed by atoms with E-state index in [0.717, 1.165) is 44.0 Å². The number of rotatable bonds is 5. The lowest BCUT2D eigenvalue weighted by Gasteiger charge is -2.42. The van der Waals surface area contributed by atoms with Gasteiger partial charge in [0.2, 0.25) is 5.82 Å². The van der Waals surface area contributed by atoms with E-state index in [9.17, 15) is 4.79 Å². The van der Waals surface area contributed by atoms with Gasteiger partial charge in [0, 0.05) is 32.7 Å². The molecule has 5 rings (SSSR count). The minimum absolute atomic E-state index is 0.00542. The Bertz CT molecular complexity index is 1090. The van der Waals surface area contributed by atoms with Crippen molar-refractivity contribution in [2.45, 2.75) is 45.1 Å². The summed E-state index contributed by atoms with van der Waals surface area (Å²) in [5, 5.41) is 11.6. The molecule has 1 amide bonds. The normalized spacial score (nSPS) is 21.1. The van der Waals surface area contributed by atoms with Gasteiger partial charge in [0.15, 0.2) is 0 Å². The zero-order valence-corrected chi connectivity index (χ0v) is 18.8. The van der Waals surface area contributed by atoms with E-state index in [4.69, 9.17) is 0 Å². The average molecular weight is 431 g/mol. The van der Waals surface area contributed by atoms with Gasteiger partial charge in [0.05, 0.1) is 12.1 Å². The fourth-order valence-corrected chi connectivity index (χ4v) is 4.91. The summed E-state index contributed by atoms with van der Waals surface area (Å²) >= 11 is 0. The van der Waals surface area contributed by atoms with Crippen LogP contribution in [-0.2, 0) is 26.2 Å². The van der Waals surface area contributed by atoms with Crippen LogP contribution in [-0.4, -0.2) is 56.1 Å². The summed E-state index contributed by atoms with van der Waals surface area (Å²) in [5.41, 5.74) is 3.70. The van der Waals surface area contributed by atoms with Crippen molar-refractivity contribution >= 4 is 5.91 Å². The van der Waals surface area contributed by atoms with Crippen molar-refractivity contribution < 1.29 is 4.79 Å². The van der Waals surface area contributed by atoms with Crippen LogP contribution in [0.5, 0.6) is 0 Å². The second-order valence-corrected chi connectivity index (χ2v) is 9.22. The van der Waals surface area contributed by atoms with E-state index in [1.54, 1.807) is 0 Å². The highest BCUT2D eigenvalue weighted by Gasteiger charge is 2.46. The molecule has 0 aliphatic carbocycles. The van der Waals surface area contributed by atoms with E-state index >= 15 is 0 Å². The lowest BCUT2D eigenvalue weighted by atomic mass is 9.94. The molecule has 7 heteroatoms. The number of nitrogens with zero attached hydrogens (tertiary/aromatic N) is 5. The first-order chi connectivity index (χ1) is 15.5. The van der Waals surface area contributed by atoms with Crippen LogP contribution in [0.2, 0.25) is 0 Å². The van der Waals surface area contributed by atoms with Gasteiger partial charge >= 0.3 is 0 Å². The van der Waals surface area contributed by atoms with E-state index in [2.05, 4.69) is 63.6 Å². The maximum Gasteiger partial charge on any atom is 0.289 e. The maximum absolute atomic E-state index is 12.9. The molecular formula is C25H30N6O. The third-order valence-electron chi connectivity index (χ3n) is 6.91. The number of fused-ring (bicyclic) bond motifs is 1. The Morgan fingerprint density at radius 1 is 1.03 bits per heavy atom. The van der Waals surface area contributed by atoms with Gasteiger partial charge in [-0.2, -0.15) is 0 Å². The first kappa shape index (κ1) is 20.8. The summed E-state index contributed by atoms with van der Waals surface area (Å²) < 4.78 is 2.04. The summed E-state index contributed by atoms with van der Waals surface area (Å²) in [6, 6.07) is 18.7. The lowest BCUT2D eigenvalue weighted by Crippen LogP contribution is -2.55. The molecule has 1 saturated heterocycles. The highest BCUT2D eigenvalue weighted by atomic mass is 16.2. The van der Waals surface area contributed by atoms with E-state index in [-0.39, 0.29) is 11.4 Å². The average Bonchev–Trinajstić information content (AvgIpc) is 3.39. The number of benzene rings is 2. The van der Waals surface area contributed by atoms with Crippen LogP contribution in [0.3, 0.4) is 0 Å². The van der Waals surface area contributed by atoms with Gasteiger partial charge in [0.25, 0.3) is 5.91 Å². The highest BCUT2D eigenvalue weighted by Crippen LogP contribution is 2.34. The number of hydrogen-bond donors (Lipinski definition) is 1. The SMILES string of the molecule is Cc1ccc(CN2CC[C@@]3(C2)Cn2c(nnc2C(=O)NCc2ccccc2)CN3C)cc1. The van der Waals surface area contributed by atoms with Crippen molar-refractivity contribution in [1.29, 1.82) is 0 Å². The molecule has 7 nitrogen and oxygen atoms in total. The monoisotopic (exact) mass is 430 g/mol. The number of carbonyl (C=O) groups is 1. The molecule has 1 aromatic heterocycles. The summed E-state index contributed by atoms with van der Waals surface area (Å²) in [6.07, 6.45) is 1.07. The van der Waals surface area contributed by atoms with Crippen LogP contribution in [0.4, 0.5) is 0 Å². The quantitative estimate of drug-likeness (QED) is 0.674. The number of likely N-dealkylation sites (N-methyl/N-ethyl adjacent to an activating group) is 1. The fraction of sp³-hybridized carbons (Fsp3) is 0.400. The Hall–Kier alpha value is -3.03. The zero-order valence-electron chi connectivity index (χ0n) is 18.8. The van der Waals surface area contributed by atoms with E-state index in [0.29, 0.717) is 18.9 Å². The van der Waals surface area contributed by atoms with Gasteiger partial charge in [-0.05, 0) is 31.5 Å². The molecule has 2 aromatic carbocycles. The predicted octanol–water partition coefficient (Wildman–Crippen LogP) is 2.61. The van der Waals surface area contributed by atoms with Crippen LogP contribution < -0.4 is 5.32 Å². The minimum atomic E-state index is -0.165. The topological polar surface area (TPSA) is 66.3 Å². The standard InChI is InChI=1S/C25H30N6O/c1-19-8-10-21(11-9-19)15-30-13-12-25(17-30)18-31-22(16-29(25)2)27-28-23(31)24(32)26-14-20-6-4-3-5-7-20/h3-11H,12-18H2,1-2H3,(H,26,32)/t25-/m1/s1. The minimum Gasteiger partial charge on any atom is -0.345 e. The molecule has 0 bridgehead atoms. The van der Waals surface area contributed by atoms with E-state index in [1.807, 2.05) is 34.9 Å². The summed E-state index contributed by atoms with van der Waals surface area (Å²) in [7, 11) is 2.17. The molecule has 0 radical (unpaired) electrons. The Kier molecular flexibility index (Phi) is 5.53. The Balaban J connectivity index is 1.29. The van der Waals surface area contributed by atoms with E-state index < -0.39 is 0 Å². The third-order valence-corrected chi connectivity index (χ3v) is 6.91. The summed E-state index contributed by atoms with van der Waals surface area (Å²) in [5.74, 6) is 1.11. The smallest absolute Gasteiger partial charge is 0.289 e. The summed E-state index contributed by atoms with van der Waals surface area (Å²) in [4.78, 5) is 17.8. The molecule has 1 N–H and O–H groups in total. The van der Waals surface area contributed by atoms with Gasteiger partial charge in [-0.1, -0.05) is 60.2 Å². The third kappa shape index (κ3) is 4.06. The van der Waals surface area contributed by atoms with Crippen LogP contribution in [0.25, 0.3) is 0 Å². The Morgan fingerprint density at radius 3 is 2.59 bits per heavy atom. The first-order valence-corrected chi connectivity index (χ1v) is 11.3. The van der Waals surface area contributed by atoms with Crippen molar-refractivity contribution in [3.63, 3.8) is 0 Å². The molecule has 32 heavy (non-hydrogen) atoms. The first-order valence-electron chi connectivity index (χ1n) is 11.3. The number of amides is 1. The Labute approximate surface area is 189 Å². The van der Waals surface area contributed by atoms with Crippen LogP contribution in [0.15, 0.2) is 54.6 Å². The summed E-state index contributed by atoms with van der Waals surface area (Å²) in [6.45, 7) is 7.02. The maximum atomic E-state index is 12.9. The Morgan fingerprint density at radius 2 is 1.81 bits per heavy atom. The number of aromatic nitrogens is 3. The van der Waals surface area contributed by atoms with Gasteiger partial charge in [-0.25, -0.2) is 0 Å². The number of carbonyl (C=O) groups excluding carboxylic acids is 1. The molecule has 1 fully saturated rings. The predicted molar refractivity (Wildman–Crippen MR) is 123 cm³/mol. The largest absolute Gasteiger partial charge is 0.345 e. The van der Waals surface area contributed by atoms with Crippen molar-refractivity contribution in [2.24, 2.45) is 0 Å². The highest BCUT2D eigenvalue weighted by molar-refractivity contribution is 5.90. The molecule has 0 unspecified atom stereocenters. The van der Waals surface area contributed by atoms with Crippen molar-refractivity contribution in [2.75, 3.05) is 20.1 Å². The number of likely N-dealkylation sites (tertiary alicyclic amines) is 1. The number of hydrogen-bond acceptors (Lipinski definition) is 5. The molecule has 1 spiro atoms. The van der Waals surface area contributed by atoms with Crippen LogP contribution in [0, 0.1) is 6.92 Å². The van der Waals surface area contributed by atoms with Crippen molar-refractivity contribution in [3.05, 3.63) is 82.9 Å². The molecule has 1 atom stereocenters. The fourth-order valence-electron chi connectivity index (χ4n) is 4.91. The second kappa shape index (κ2) is 8.48. The van der Waals surface area contributed by atoms with Crippen LogP contribution >= 0.6 is 0 Å². The van der Waals surface area contributed by atoms with Gasteiger partial charge in [-0.3, -0.25) is 14.6 Å². The van der Waals surface area contributed by atoms with E-state index in [1.165, 1.54) is 11.1 Å². The molecule has 166 valence electrons. The van der Waals surface area contributed by atoms with Crippen molar-refractivity contribution in [3.8, 4) is 0 Å². The number of aryl methyl sites for hydroxylation is 1. The van der Waals surface area contributed by atoms with Crippen LogP contribution in [0.1, 0.15) is 39.6 Å². The van der Waals surface area contributed by atoms with Gasteiger partial charge in [-0.15, -0.1) is 10.2 Å². The molecule has 2 aliphatic heterocycles. The van der Waals surface area contributed by atoms with Crippen molar-refractivity contribution in [1.82, 2.24) is 29.9 Å². The zero-order chi connectivity index (χ0) is 22.1. The van der Waals surface area contributed by atoms with Gasteiger partial charge < -0.3 is 9.88 Å². The molecule has 3 heterocycles. The molecule has 3 aromatic rings.